The van der Waals surface area contributed by atoms with Crippen molar-refractivity contribution in [2.45, 2.75) is 32.9 Å². The topological polar surface area (TPSA) is 87.4 Å². The van der Waals surface area contributed by atoms with Crippen molar-refractivity contribution in [2.24, 2.45) is 0 Å². The molecular weight excluding hydrogens is 320 g/mol. The number of aryl methyl sites for hydroxylation is 2. The maximum Gasteiger partial charge on any atom is 0.315 e. The number of benzene rings is 1. The van der Waals surface area contributed by atoms with Crippen molar-refractivity contribution in [3.63, 3.8) is 0 Å². The number of aliphatic hydroxyl groups is 1. The second kappa shape index (κ2) is 7.39. The molecule has 130 valence electrons. The highest BCUT2D eigenvalue weighted by molar-refractivity contribution is 5.74. The third-order valence-corrected chi connectivity index (χ3v) is 3.66. The lowest BCUT2D eigenvalue weighted by atomic mass is 10.1. The minimum Gasteiger partial charge on any atom is -0.386 e. The Kier molecular flexibility index (Phi) is 5.50. The number of nitrogens with one attached hydrogen (secondary N) is 2. The van der Waals surface area contributed by atoms with Crippen LogP contribution in [0.5, 0.6) is 0 Å². The summed E-state index contributed by atoms with van der Waals surface area (Å²) < 4.78 is 32.2. The minimum atomic E-state index is -1.49. The van der Waals surface area contributed by atoms with Crippen LogP contribution >= 0.6 is 0 Å². The zero-order valence-corrected chi connectivity index (χ0v) is 13.6. The van der Waals surface area contributed by atoms with E-state index < -0.39 is 29.3 Å². The summed E-state index contributed by atoms with van der Waals surface area (Å²) in [4.78, 5) is 11.9. The second-order valence-corrected chi connectivity index (χ2v) is 5.47. The summed E-state index contributed by atoms with van der Waals surface area (Å²) in [5, 5.41) is 18.7. The van der Waals surface area contributed by atoms with Crippen molar-refractivity contribution in [1.82, 2.24) is 15.8 Å². The molecule has 0 saturated heterocycles. The Balaban J connectivity index is 1.94. The fourth-order valence-electron chi connectivity index (χ4n) is 2.55. The summed E-state index contributed by atoms with van der Waals surface area (Å²) in [5.41, 5.74) is 0.941. The molecule has 0 fully saturated rings. The first-order valence-corrected chi connectivity index (χ1v) is 7.40. The summed E-state index contributed by atoms with van der Waals surface area (Å²) in [5.74, 6) is -1.14. The maximum absolute atomic E-state index is 13.6. The van der Waals surface area contributed by atoms with Gasteiger partial charge in [0.1, 0.15) is 23.5 Å². The molecule has 2 unspecified atom stereocenters. The molecule has 0 radical (unpaired) electrons. The van der Waals surface area contributed by atoms with Crippen molar-refractivity contribution >= 4 is 6.03 Å². The predicted octanol–water partition coefficient (Wildman–Crippen LogP) is 2.66. The highest BCUT2D eigenvalue weighted by atomic mass is 19.1. The van der Waals surface area contributed by atoms with E-state index in [1.54, 1.807) is 20.8 Å². The average Bonchev–Trinajstić information content (AvgIpc) is 2.84. The van der Waals surface area contributed by atoms with Crippen LogP contribution in [0.1, 0.15) is 41.7 Å². The molecule has 0 aliphatic rings. The Hall–Kier alpha value is -2.48. The highest BCUT2D eigenvalue weighted by Crippen LogP contribution is 2.21. The number of halogens is 2. The van der Waals surface area contributed by atoms with Gasteiger partial charge in [-0.1, -0.05) is 11.2 Å². The van der Waals surface area contributed by atoms with Crippen molar-refractivity contribution < 1.29 is 23.2 Å². The van der Waals surface area contributed by atoms with Crippen molar-refractivity contribution in [3.05, 3.63) is 52.4 Å². The fourth-order valence-corrected chi connectivity index (χ4v) is 2.55. The van der Waals surface area contributed by atoms with Gasteiger partial charge in [-0.15, -0.1) is 0 Å². The van der Waals surface area contributed by atoms with Gasteiger partial charge in [-0.25, -0.2) is 13.6 Å². The highest BCUT2D eigenvalue weighted by Gasteiger charge is 2.21. The molecule has 2 aromatic rings. The molecule has 2 rings (SSSR count). The molecule has 24 heavy (non-hydrogen) atoms. The fraction of sp³-hybridized carbons (Fsp3) is 0.375. The van der Waals surface area contributed by atoms with Gasteiger partial charge in [0.15, 0.2) is 0 Å². The average molecular weight is 339 g/mol. The van der Waals surface area contributed by atoms with E-state index in [1.165, 1.54) is 6.07 Å². The van der Waals surface area contributed by atoms with E-state index >= 15 is 0 Å². The van der Waals surface area contributed by atoms with Gasteiger partial charge in [-0.05, 0) is 32.9 Å². The van der Waals surface area contributed by atoms with Crippen LogP contribution in [0.4, 0.5) is 13.6 Å². The summed E-state index contributed by atoms with van der Waals surface area (Å²) in [7, 11) is 0. The predicted molar refractivity (Wildman–Crippen MR) is 82.2 cm³/mol. The van der Waals surface area contributed by atoms with Crippen molar-refractivity contribution in [2.75, 3.05) is 6.54 Å². The van der Waals surface area contributed by atoms with Crippen LogP contribution in [0, 0.1) is 25.5 Å². The van der Waals surface area contributed by atoms with Gasteiger partial charge in [-0.2, -0.15) is 0 Å². The standard InChI is InChI=1S/C16H19F2N3O3/c1-8(14-9(2)21-24-10(14)3)20-16(23)19-7-13(22)15-11(17)5-4-6-12(15)18/h4-6,8,13,22H,7H2,1-3H3,(H2,19,20,23). The van der Waals surface area contributed by atoms with E-state index in [-0.39, 0.29) is 12.6 Å². The van der Waals surface area contributed by atoms with Gasteiger partial charge in [0.25, 0.3) is 0 Å². The van der Waals surface area contributed by atoms with Crippen LogP contribution in [0.3, 0.4) is 0 Å². The van der Waals surface area contributed by atoms with Gasteiger partial charge in [0.05, 0.1) is 17.3 Å². The first-order valence-electron chi connectivity index (χ1n) is 7.40. The second-order valence-electron chi connectivity index (χ2n) is 5.47. The maximum atomic E-state index is 13.6. The number of nitrogens with zero attached hydrogens (tertiary/aromatic N) is 1. The SMILES string of the molecule is Cc1noc(C)c1C(C)NC(=O)NCC(O)c1c(F)cccc1F. The Morgan fingerprint density at radius 1 is 1.29 bits per heavy atom. The van der Waals surface area contributed by atoms with Crippen LogP contribution < -0.4 is 10.6 Å². The number of urea groups is 1. The molecule has 1 heterocycles. The number of carbonyl (C=O) groups is 1. The molecule has 1 aromatic heterocycles. The first-order chi connectivity index (χ1) is 11.3. The summed E-state index contributed by atoms with van der Waals surface area (Å²) in [6.07, 6.45) is -1.49. The van der Waals surface area contributed by atoms with Crippen molar-refractivity contribution in [1.29, 1.82) is 0 Å². The molecule has 0 bridgehead atoms. The number of aromatic nitrogens is 1. The Labute approximate surface area is 137 Å². The number of hydrogen-bond donors (Lipinski definition) is 3. The molecule has 3 N–H and O–H groups in total. The number of hydrogen-bond acceptors (Lipinski definition) is 4. The zero-order valence-electron chi connectivity index (χ0n) is 13.6. The van der Waals surface area contributed by atoms with E-state index in [4.69, 9.17) is 4.52 Å². The molecule has 2 atom stereocenters. The van der Waals surface area contributed by atoms with E-state index in [1.807, 2.05) is 0 Å². The lowest BCUT2D eigenvalue weighted by Crippen LogP contribution is -2.39. The molecule has 8 heteroatoms. The van der Waals surface area contributed by atoms with Crippen LogP contribution in [0.2, 0.25) is 0 Å². The third kappa shape index (κ3) is 3.88. The molecule has 0 saturated carbocycles. The summed E-state index contributed by atoms with van der Waals surface area (Å²) in [6.45, 7) is 4.90. The van der Waals surface area contributed by atoms with Crippen molar-refractivity contribution in [3.8, 4) is 0 Å². The van der Waals surface area contributed by atoms with Gasteiger partial charge in [0, 0.05) is 12.1 Å². The van der Waals surface area contributed by atoms with Gasteiger partial charge >= 0.3 is 6.03 Å². The van der Waals surface area contributed by atoms with E-state index in [9.17, 15) is 18.7 Å². The number of carbonyl (C=O) groups excluding carboxylic acids is 1. The van der Waals surface area contributed by atoms with Gasteiger partial charge < -0.3 is 20.3 Å². The Morgan fingerprint density at radius 3 is 2.46 bits per heavy atom. The Bertz CT molecular complexity index is 694. The number of aliphatic hydroxyl groups excluding tert-OH is 1. The monoisotopic (exact) mass is 339 g/mol. The quantitative estimate of drug-likeness (QED) is 0.781. The van der Waals surface area contributed by atoms with Crippen LogP contribution in [-0.4, -0.2) is 22.8 Å². The molecule has 0 aliphatic carbocycles. The largest absolute Gasteiger partial charge is 0.386 e. The van der Waals surface area contributed by atoms with E-state index in [2.05, 4.69) is 15.8 Å². The van der Waals surface area contributed by atoms with Crippen LogP contribution in [0.15, 0.2) is 22.7 Å². The first kappa shape index (κ1) is 17.9. The zero-order chi connectivity index (χ0) is 17.9. The summed E-state index contributed by atoms with van der Waals surface area (Å²) in [6, 6.07) is 2.33. The van der Waals surface area contributed by atoms with Gasteiger partial charge in [0.2, 0.25) is 0 Å². The smallest absolute Gasteiger partial charge is 0.315 e. The molecule has 6 nitrogen and oxygen atoms in total. The van der Waals surface area contributed by atoms with Crippen LogP contribution in [0.25, 0.3) is 0 Å². The molecule has 2 amide bonds. The Morgan fingerprint density at radius 2 is 1.92 bits per heavy atom. The molecule has 0 spiro atoms. The van der Waals surface area contributed by atoms with Crippen LogP contribution in [-0.2, 0) is 0 Å². The molecular formula is C16H19F2N3O3. The molecule has 1 aromatic carbocycles. The van der Waals surface area contributed by atoms with E-state index in [0.717, 1.165) is 17.7 Å². The number of amides is 2. The van der Waals surface area contributed by atoms with Gasteiger partial charge in [-0.3, -0.25) is 0 Å². The third-order valence-electron chi connectivity index (χ3n) is 3.66. The minimum absolute atomic E-state index is 0.335. The summed E-state index contributed by atoms with van der Waals surface area (Å²) >= 11 is 0. The lowest BCUT2D eigenvalue weighted by Gasteiger charge is -2.17. The number of rotatable bonds is 5. The van der Waals surface area contributed by atoms with E-state index in [0.29, 0.717) is 11.5 Å². The lowest BCUT2D eigenvalue weighted by molar-refractivity contribution is 0.164. The normalized spacial score (nSPS) is 13.4. The molecule has 0 aliphatic heterocycles.